The van der Waals surface area contributed by atoms with Crippen molar-refractivity contribution in [3.8, 4) is 0 Å². The summed E-state index contributed by atoms with van der Waals surface area (Å²) < 4.78 is 9.47. The first-order valence-electron chi connectivity index (χ1n) is 5.56. The number of aliphatic imine (C=N–C) groups is 1. The van der Waals surface area contributed by atoms with Gasteiger partial charge in [-0.25, -0.2) is 9.59 Å². The van der Waals surface area contributed by atoms with E-state index in [1.165, 1.54) is 0 Å². The van der Waals surface area contributed by atoms with Crippen LogP contribution in [-0.2, 0) is 19.1 Å². The van der Waals surface area contributed by atoms with Crippen LogP contribution in [0.15, 0.2) is 17.1 Å². The predicted molar refractivity (Wildman–Crippen MR) is 65.0 cm³/mol. The molecule has 0 aliphatic heterocycles. The Bertz CT molecular complexity index is 300. The maximum atomic E-state index is 11.5. The molecule has 0 aliphatic rings. The van der Waals surface area contributed by atoms with E-state index in [0.717, 1.165) is 5.57 Å². The summed E-state index contributed by atoms with van der Waals surface area (Å²) in [6, 6.07) is 0. The zero-order valence-electron chi connectivity index (χ0n) is 10.6. The number of ether oxygens (including phenoxy) is 2. The molecule has 5 heteroatoms. The van der Waals surface area contributed by atoms with Crippen LogP contribution in [0, 0.1) is 0 Å². The summed E-state index contributed by atoms with van der Waals surface area (Å²) >= 11 is 0. The number of nitrogens with zero attached hydrogens (tertiary/aromatic N) is 1. The fourth-order valence-electron chi connectivity index (χ4n) is 0.970. The molecule has 0 saturated carbocycles. The Balaban J connectivity index is 4.65. The van der Waals surface area contributed by atoms with E-state index >= 15 is 0 Å². The Hall–Kier alpha value is -1.65. The lowest BCUT2D eigenvalue weighted by atomic mass is 10.2. The lowest BCUT2D eigenvalue weighted by Gasteiger charge is -2.05. The smallest absolute Gasteiger partial charge is 0.364 e. The van der Waals surface area contributed by atoms with E-state index in [-0.39, 0.29) is 18.9 Å². The molecule has 0 bridgehead atoms. The van der Waals surface area contributed by atoms with Crippen molar-refractivity contribution in [2.75, 3.05) is 19.8 Å². The van der Waals surface area contributed by atoms with Gasteiger partial charge in [0.05, 0.1) is 13.2 Å². The first kappa shape index (κ1) is 15.3. The molecule has 5 nitrogen and oxygen atoms in total. The summed E-state index contributed by atoms with van der Waals surface area (Å²) in [5, 5.41) is 0. The fourth-order valence-corrected chi connectivity index (χ4v) is 0.970. The van der Waals surface area contributed by atoms with Crippen molar-refractivity contribution in [3.63, 3.8) is 0 Å². The third-order valence-electron chi connectivity index (χ3n) is 1.75. The molecule has 0 amide bonds. The molecule has 17 heavy (non-hydrogen) atoms. The van der Waals surface area contributed by atoms with Crippen LogP contribution < -0.4 is 0 Å². The van der Waals surface area contributed by atoms with Gasteiger partial charge in [-0.05, 0) is 27.2 Å². The van der Waals surface area contributed by atoms with Gasteiger partial charge >= 0.3 is 11.9 Å². The van der Waals surface area contributed by atoms with Crippen molar-refractivity contribution in [2.45, 2.75) is 27.2 Å². The molecule has 0 aliphatic carbocycles. The molecule has 0 saturated heterocycles. The lowest BCUT2D eigenvalue weighted by molar-refractivity contribution is -0.140. The molecule has 0 aromatic carbocycles. The number of esters is 2. The predicted octanol–water partition coefficient (Wildman–Crippen LogP) is 1.52. The highest BCUT2D eigenvalue weighted by molar-refractivity contribution is 6.62. The van der Waals surface area contributed by atoms with Crippen molar-refractivity contribution >= 4 is 17.7 Å². The van der Waals surface area contributed by atoms with Gasteiger partial charge in [0, 0.05) is 6.54 Å². The Labute approximate surface area is 102 Å². The van der Waals surface area contributed by atoms with Gasteiger partial charge in [-0.1, -0.05) is 5.57 Å². The second kappa shape index (κ2) is 8.50. The summed E-state index contributed by atoms with van der Waals surface area (Å²) in [6.45, 7) is 9.59. The van der Waals surface area contributed by atoms with E-state index in [1.807, 2.05) is 6.92 Å². The van der Waals surface area contributed by atoms with Crippen LogP contribution in [0.1, 0.15) is 27.2 Å². The summed E-state index contributed by atoms with van der Waals surface area (Å²) in [5.41, 5.74) is 0.649. The highest BCUT2D eigenvalue weighted by Crippen LogP contribution is 1.98. The van der Waals surface area contributed by atoms with Crippen molar-refractivity contribution < 1.29 is 19.1 Å². The second-order valence-corrected chi connectivity index (χ2v) is 3.38. The molecule has 0 radical (unpaired) electrons. The molecular formula is C12H19NO4. The fraction of sp³-hybridized carbons (Fsp3) is 0.583. The largest absolute Gasteiger partial charge is 0.461 e. The zero-order valence-corrected chi connectivity index (χ0v) is 10.6. The van der Waals surface area contributed by atoms with Gasteiger partial charge in [-0.3, -0.25) is 4.99 Å². The topological polar surface area (TPSA) is 65.0 Å². The normalized spacial score (nSPS) is 9.35. The van der Waals surface area contributed by atoms with E-state index in [4.69, 9.17) is 9.47 Å². The van der Waals surface area contributed by atoms with Crippen LogP contribution in [0.25, 0.3) is 0 Å². The second-order valence-electron chi connectivity index (χ2n) is 3.38. The van der Waals surface area contributed by atoms with E-state index in [0.29, 0.717) is 13.0 Å². The Morgan fingerprint density at radius 2 is 1.59 bits per heavy atom. The molecule has 0 rings (SSSR count). The van der Waals surface area contributed by atoms with Gasteiger partial charge < -0.3 is 9.47 Å². The van der Waals surface area contributed by atoms with Crippen LogP contribution in [0.2, 0.25) is 0 Å². The third-order valence-corrected chi connectivity index (χ3v) is 1.75. The third kappa shape index (κ3) is 6.50. The van der Waals surface area contributed by atoms with Gasteiger partial charge in [0.15, 0.2) is 0 Å². The molecule has 0 spiro atoms. The lowest BCUT2D eigenvalue weighted by Crippen LogP contribution is -2.28. The maximum absolute atomic E-state index is 11.5. The number of hydrogen-bond acceptors (Lipinski definition) is 5. The van der Waals surface area contributed by atoms with E-state index < -0.39 is 11.9 Å². The molecule has 0 aromatic heterocycles. The van der Waals surface area contributed by atoms with Gasteiger partial charge in [-0.15, -0.1) is 6.58 Å². The quantitative estimate of drug-likeness (QED) is 0.293. The molecule has 0 aromatic rings. The van der Waals surface area contributed by atoms with Gasteiger partial charge in [-0.2, -0.15) is 0 Å². The summed E-state index contributed by atoms with van der Waals surface area (Å²) in [4.78, 5) is 26.8. The summed E-state index contributed by atoms with van der Waals surface area (Å²) in [7, 11) is 0. The summed E-state index contributed by atoms with van der Waals surface area (Å²) in [5.74, 6) is -1.49. The SMILES string of the molecule is C=C(C)CCN=C(C(=O)OCC)C(=O)OCC. The molecule has 0 heterocycles. The van der Waals surface area contributed by atoms with E-state index in [1.54, 1.807) is 13.8 Å². The average molecular weight is 241 g/mol. The number of rotatable bonds is 7. The van der Waals surface area contributed by atoms with Gasteiger partial charge in [0.1, 0.15) is 0 Å². The minimum absolute atomic E-state index is 0.192. The standard InChI is InChI=1S/C12H19NO4/c1-5-16-11(14)10(12(15)17-6-2)13-8-7-9(3)4/h3,5-8H2,1-2,4H3. The molecular weight excluding hydrogens is 222 g/mol. The van der Waals surface area contributed by atoms with E-state index in [2.05, 4.69) is 11.6 Å². The molecule has 0 fully saturated rings. The van der Waals surface area contributed by atoms with Gasteiger partial charge in [0.2, 0.25) is 5.71 Å². The van der Waals surface area contributed by atoms with Gasteiger partial charge in [0.25, 0.3) is 0 Å². The highest BCUT2D eigenvalue weighted by atomic mass is 16.6. The number of carbonyl (C=O) groups is 2. The average Bonchev–Trinajstić information content (AvgIpc) is 2.24. The Morgan fingerprint density at radius 1 is 1.12 bits per heavy atom. The maximum Gasteiger partial charge on any atom is 0.364 e. The van der Waals surface area contributed by atoms with Crippen molar-refractivity contribution in [1.29, 1.82) is 0 Å². The highest BCUT2D eigenvalue weighted by Gasteiger charge is 2.22. The number of hydrogen-bond donors (Lipinski definition) is 0. The van der Waals surface area contributed by atoms with Crippen LogP contribution in [0.3, 0.4) is 0 Å². The van der Waals surface area contributed by atoms with Crippen LogP contribution in [-0.4, -0.2) is 37.4 Å². The van der Waals surface area contributed by atoms with Crippen LogP contribution >= 0.6 is 0 Å². The first-order valence-corrected chi connectivity index (χ1v) is 5.56. The Kier molecular flexibility index (Phi) is 7.67. The Morgan fingerprint density at radius 3 is 1.94 bits per heavy atom. The van der Waals surface area contributed by atoms with Crippen molar-refractivity contribution in [1.82, 2.24) is 0 Å². The molecule has 96 valence electrons. The molecule has 0 unspecified atom stereocenters. The minimum Gasteiger partial charge on any atom is -0.461 e. The molecule has 0 N–H and O–H groups in total. The number of carbonyl (C=O) groups excluding carboxylic acids is 2. The van der Waals surface area contributed by atoms with E-state index in [9.17, 15) is 9.59 Å². The molecule has 0 atom stereocenters. The summed E-state index contributed by atoms with van der Waals surface area (Å²) in [6.07, 6.45) is 0.613. The minimum atomic E-state index is -0.743. The zero-order chi connectivity index (χ0) is 13.3. The monoisotopic (exact) mass is 241 g/mol. The van der Waals surface area contributed by atoms with Crippen LogP contribution in [0.4, 0.5) is 0 Å². The van der Waals surface area contributed by atoms with Crippen molar-refractivity contribution in [2.24, 2.45) is 4.99 Å². The van der Waals surface area contributed by atoms with Crippen molar-refractivity contribution in [3.05, 3.63) is 12.2 Å². The first-order chi connectivity index (χ1) is 8.02. The van der Waals surface area contributed by atoms with Crippen LogP contribution in [0.5, 0.6) is 0 Å².